The quantitative estimate of drug-likeness (QED) is 0.543. The highest BCUT2D eigenvalue weighted by molar-refractivity contribution is 5.80. The first kappa shape index (κ1) is 22.4. The lowest BCUT2D eigenvalue weighted by molar-refractivity contribution is -0.0502. The van der Waals surface area contributed by atoms with E-state index in [9.17, 15) is 0 Å². The van der Waals surface area contributed by atoms with Crippen molar-refractivity contribution in [3.8, 4) is 0 Å². The van der Waals surface area contributed by atoms with Crippen LogP contribution in [0.2, 0.25) is 0 Å². The molecule has 6 nitrogen and oxygen atoms in total. The van der Waals surface area contributed by atoms with Crippen LogP contribution in [-0.2, 0) is 16.0 Å². The molecule has 0 radical (unpaired) electrons. The summed E-state index contributed by atoms with van der Waals surface area (Å²) in [5.41, 5.74) is 2.63. The summed E-state index contributed by atoms with van der Waals surface area (Å²) < 4.78 is 12.3. The maximum absolute atomic E-state index is 6.20. The third kappa shape index (κ3) is 5.24. The standard InChI is InChI=1S/C27H36N4O2/c1-2-28-27(29-17-23-13-15-33-26(23)22-11-7-4-8-12-22)31-19-24-25(20-31)32-16-14-30(24)18-21-9-5-3-6-10-21/h3-12,23-26H,2,13-20H2,1H3,(H,28,29). The van der Waals surface area contributed by atoms with Crippen LogP contribution < -0.4 is 5.32 Å². The lowest BCUT2D eigenvalue weighted by Gasteiger charge is -2.36. The average molecular weight is 449 g/mol. The van der Waals surface area contributed by atoms with Crippen molar-refractivity contribution in [3.63, 3.8) is 0 Å². The van der Waals surface area contributed by atoms with Gasteiger partial charge in [0.05, 0.1) is 24.9 Å². The fourth-order valence-corrected chi connectivity index (χ4v) is 5.41. The molecule has 1 N–H and O–H groups in total. The fourth-order valence-electron chi connectivity index (χ4n) is 5.41. The van der Waals surface area contributed by atoms with Crippen molar-refractivity contribution in [2.24, 2.45) is 10.9 Å². The Morgan fingerprint density at radius 2 is 1.79 bits per heavy atom. The second-order valence-corrected chi connectivity index (χ2v) is 9.28. The minimum Gasteiger partial charge on any atom is -0.373 e. The smallest absolute Gasteiger partial charge is 0.194 e. The van der Waals surface area contributed by atoms with E-state index in [4.69, 9.17) is 14.5 Å². The summed E-state index contributed by atoms with van der Waals surface area (Å²) in [6, 6.07) is 21.7. The van der Waals surface area contributed by atoms with Crippen LogP contribution in [0.3, 0.4) is 0 Å². The highest BCUT2D eigenvalue weighted by Crippen LogP contribution is 2.34. The molecule has 0 aliphatic carbocycles. The van der Waals surface area contributed by atoms with Crippen LogP contribution in [0.1, 0.15) is 30.6 Å². The van der Waals surface area contributed by atoms with E-state index in [1.807, 2.05) is 0 Å². The van der Waals surface area contributed by atoms with Gasteiger partial charge >= 0.3 is 0 Å². The number of likely N-dealkylation sites (tertiary alicyclic amines) is 1. The number of hydrogen-bond donors (Lipinski definition) is 1. The summed E-state index contributed by atoms with van der Waals surface area (Å²) in [5, 5.41) is 3.54. The molecule has 176 valence electrons. The molecule has 0 aromatic heterocycles. The Hall–Kier alpha value is -2.41. The van der Waals surface area contributed by atoms with Crippen LogP contribution in [-0.4, -0.2) is 73.8 Å². The largest absolute Gasteiger partial charge is 0.373 e. The van der Waals surface area contributed by atoms with Crippen molar-refractivity contribution in [1.29, 1.82) is 0 Å². The zero-order valence-corrected chi connectivity index (χ0v) is 19.6. The molecule has 0 amide bonds. The fraction of sp³-hybridized carbons (Fsp3) is 0.519. The Morgan fingerprint density at radius 1 is 1.00 bits per heavy atom. The number of morpholine rings is 1. The molecular weight excluding hydrogens is 412 g/mol. The molecular formula is C27H36N4O2. The van der Waals surface area contributed by atoms with E-state index in [2.05, 4.69) is 82.7 Å². The zero-order chi connectivity index (χ0) is 22.5. The van der Waals surface area contributed by atoms with Crippen molar-refractivity contribution in [1.82, 2.24) is 15.1 Å². The molecule has 6 heteroatoms. The lowest BCUT2D eigenvalue weighted by atomic mass is 9.95. The molecule has 0 spiro atoms. The predicted molar refractivity (Wildman–Crippen MR) is 131 cm³/mol. The van der Waals surface area contributed by atoms with Gasteiger partial charge in [0.1, 0.15) is 0 Å². The molecule has 4 atom stereocenters. The van der Waals surface area contributed by atoms with E-state index in [0.29, 0.717) is 12.0 Å². The second-order valence-electron chi connectivity index (χ2n) is 9.28. The van der Waals surface area contributed by atoms with Crippen LogP contribution in [0.5, 0.6) is 0 Å². The summed E-state index contributed by atoms with van der Waals surface area (Å²) >= 11 is 0. The minimum absolute atomic E-state index is 0.142. The number of aliphatic imine (C=N–C) groups is 1. The van der Waals surface area contributed by atoms with E-state index in [1.165, 1.54) is 11.1 Å². The van der Waals surface area contributed by atoms with E-state index < -0.39 is 0 Å². The van der Waals surface area contributed by atoms with Crippen molar-refractivity contribution >= 4 is 5.96 Å². The van der Waals surface area contributed by atoms with Gasteiger partial charge in [0.2, 0.25) is 0 Å². The zero-order valence-electron chi connectivity index (χ0n) is 19.6. The van der Waals surface area contributed by atoms with Gasteiger partial charge in [0, 0.05) is 51.8 Å². The maximum Gasteiger partial charge on any atom is 0.194 e. The van der Waals surface area contributed by atoms with Crippen LogP contribution in [0.25, 0.3) is 0 Å². The summed E-state index contributed by atoms with van der Waals surface area (Å²) in [6.45, 7) is 9.20. The number of guanidine groups is 1. The number of fused-ring (bicyclic) bond motifs is 1. The molecule has 3 aliphatic heterocycles. The van der Waals surface area contributed by atoms with Crippen LogP contribution in [0.15, 0.2) is 65.7 Å². The number of hydrogen-bond acceptors (Lipinski definition) is 4. The summed E-state index contributed by atoms with van der Waals surface area (Å²) in [4.78, 5) is 10.1. The monoisotopic (exact) mass is 448 g/mol. The van der Waals surface area contributed by atoms with Gasteiger partial charge in [-0.2, -0.15) is 0 Å². The number of nitrogens with zero attached hydrogens (tertiary/aromatic N) is 3. The normalized spacial score (nSPS) is 28.2. The van der Waals surface area contributed by atoms with Gasteiger partial charge in [0.15, 0.2) is 5.96 Å². The van der Waals surface area contributed by atoms with Crippen molar-refractivity contribution in [2.45, 2.75) is 38.1 Å². The first-order valence-corrected chi connectivity index (χ1v) is 12.4. The Kier molecular flexibility index (Phi) is 7.24. The summed E-state index contributed by atoms with van der Waals surface area (Å²) in [7, 11) is 0. The summed E-state index contributed by atoms with van der Waals surface area (Å²) in [6.07, 6.45) is 1.43. The van der Waals surface area contributed by atoms with E-state index in [-0.39, 0.29) is 12.2 Å². The molecule has 3 heterocycles. The van der Waals surface area contributed by atoms with Crippen LogP contribution in [0.4, 0.5) is 0 Å². The van der Waals surface area contributed by atoms with Crippen molar-refractivity contribution in [2.75, 3.05) is 45.9 Å². The Bertz CT molecular complexity index is 907. The Morgan fingerprint density at radius 3 is 2.58 bits per heavy atom. The van der Waals surface area contributed by atoms with Gasteiger partial charge in [0.25, 0.3) is 0 Å². The summed E-state index contributed by atoms with van der Waals surface area (Å²) in [5.74, 6) is 1.42. The highest BCUT2D eigenvalue weighted by atomic mass is 16.5. The molecule has 5 rings (SSSR count). The van der Waals surface area contributed by atoms with Gasteiger partial charge < -0.3 is 19.7 Å². The van der Waals surface area contributed by atoms with E-state index >= 15 is 0 Å². The Balaban J connectivity index is 1.26. The first-order valence-electron chi connectivity index (χ1n) is 12.4. The van der Waals surface area contributed by atoms with Gasteiger partial charge in [-0.1, -0.05) is 60.7 Å². The lowest BCUT2D eigenvalue weighted by Crippen LogP contribution is -2.50. The van der Waals surface area contributed by atoms with E-state index in [0.717, 1.165) is 64.9 Å². The minimum atomic E-state index is 0.142. The second kappa shape index (κ2) is 10.7. The molecule has 0 saturated carbocycles. The third-order valence-electron chi connectivity index (χ3n) is 7.10. The van der Waals surface area contributed by atoms with Crippen LogP contribution >= 0.6 is 0 Å². The average Bonchev–Trinajstić information content (AvgIpc) is 3.51. The third-order valence-corrected chi connectivity index (χ3v) is 7.10. The van der Waals surface area contributed by atoms with Crippen molar-refractivity contribution in [3.05, 3.63) is 71.8 Å². The number of nitrogens with one attached hydrogen (secondary N) is 1. The SMILES string of the molecule is CCNC(=NCC1CCOC1c1ccccc1)N1CC2OCCN(Cc3ccccc3)C2C1. The molecule has 2 aromatic carbocycles. The molecule has 2 aromatic rings. The predicted octanol–water partition coefficient (Wildman–Crippen LogP) is 3.31. The number of rotatable bonds is 6. The topological polar surface area (TPSA) is 49.3 Å². The van der Waals surface area contributed by atoms with Gasteiger partial charge in [-0.05, 0) is 24.5 Å². The van der Waals surface area contributed by atoms with Crippen LogP contribution in [0, 0.1) is 5.92 Å². The van der Waals surface area contributed by atoms with Gasteiger partial charge in [-0.25, -0.2) is 0 Å². The Labute approximate surface area is 197 Å². The first-order chi connectivity index (χ1) is 16.3. The molecule has 4 unspecified atom stereocenters. The maximum atomic E-state index is 6.20. The van der Waals surface area contributed by atoms with Crippen molar-refractivity contribution < 1.29 is 9.47 Å². The van der Waals surface area contributed by atoms with Gasteiger partial charge in [-0.3, -0.25) is 9.89 Å². The molecule has 33 heavy (non-hydrogen) atoms. The molecule has 3 saturated heterocycles. The molecule has 3 aliphatic rings. The number of ether oxygens (including phenoxy) is 2. The van der Waals surface area contributed by atoms with E-state index in [1.54, 1.807) is 0 Å². The number of benzene rings is 2. The molecule has 0 bridgehead atoms. The van der Waals surface area contributed by atoms with Gasteiger partial charge in [-0.15, -0.1) is 0 Å². The molecule has 3 fully saturated rings. The highest BCUT2D eigenvalue weighted by Gasteiger charge is 2.41.